The number of nitrogens with zero attached hydrogens (tertiary/aromatic N) is 2. The number of anilines is 3. The number of thiocarbonyl (C=S) groups is 1. The van der Waals surface area contributed by atoms with Gasteiger partial charge >= 0.3 is 0 Å². The van der Waals surface area contributed by atoms with Crippen molar-refractivity contribution < 1.29 is 14.4 Å². The highest BCUT2D eigenvalue weighted by atomic mass is 79.9. The number of aryl methyl sites for hydroxylation is 1. The Labute approximate surface area is 236 Å². The Morgan fingerprint density at radius 2 is 1.53 bits per heavy atom. The third-order valence-electron chi connectivity index (χ3n) is 6.19. The number of benzene rings is 3. The molecule has 5 rings (SSSR count). The highest BCUT2D eigenvalue weighted by Gasteiger charge is 2.34. The number of halogens is 2. The van der Waals surface area contributed by atoms with Gasteiger partial charge in [-0.3, -0.25) is 14.4 Å². The Bertz CT molecular complexity index is 1690. The third-order valence-corrected chi connectivity index (χ3v) is 7.59. The summed E-state index contributed by atoms with van der Waals surface area (Å²) in [6, 6.07) is 15.3. The molecule has 0 saturated carbocycles. The van der Waals surface area contributed by atoms with Crippen LogP contribution in [0.2, 0.25) is 5.02 Å². The lowest BCUT2D eigenvalue weighted by Gasteiger charge is -2.21. The topological polar surface area (TPSA) is 117 Å². The van der Waals surface area contributed by atoms with Gasteiger partial charge in [-0.1, -0.05) is 57.4 Å². The predicted molar refractivity (Wildman–Crippen MR) is 157 cm³/mol. The quantitative estimate of drug-likeness (QED) is 0.251. The van der Waals surface area contributed by atoms with Gasteiger partial charge in [-0.15, -0.1) is 0 Å². The van der Waals surface area contributed by atoms with E-state index in [2.05, 4.69) is 31.5 Å². The zero-order valence-electron chi connectivity index (χ0n) is 20.1. The molecule has 0 atom stereocenters. The Balaban J connectivity index is 1.73. The lowest BCUT2D eigenvalue weighted by molar-refractivity contribution is 0.0992. The summed E-state index contributed by atoms with van der Waals surface area (Å²) in [6.45, 7) is 1.92. The number of carbonyl (C=O) groups is 3. The SMILES string of the molecule is Cc1ccc(C(=O)Nc2c(Cl)c(NC(=O)c3ccc(Br)cc3)c3nc(C(N)=O)cc4c3c2N(C)C4=S)cc1. The molecule has 8 nitrogen and oxygen atoms in total. The van der Waals surface area contributed by atoms with Crippen LogP contribution in [0.3, 0.4) is 0 Å². The van der Waals surface area contributed by atoms with E-state index in [1.165, 1.54) is 6.07 Å². The summed E-state index contributed by atoms with van der Waals surface area (Å²) in [5.41, 5.74) is 8.89. The van der Waals surface area contributed by atoms with Gasteiger partial charge in [0, 0.05) is 33.6 Å². The van der Waals surface area contributed by atoms with E-state index >= 15 is 0 Å². The molecule has 0 saturated heterocycles. The molecule has 0 radical (unpaired) electrons. The molecule has 11 heteroatoms. The second-order valence-corrected chi connectivity index (χ2v) is 10.4. The van der Waals surface area contributed by atoms with Gasteiger partial charge in [-0.2, -0.15) is 0 Å². The molecule has 1 aromatic heterocycles. The highest BCUT2D eigenvalue weighted by Crippen LogP contribution is 2.50. The predicted octanol–water partition coefficient (Wildman–Crippen LogP) is 5.69. The van der Waals surface area contributed by atoms with E-state index in [4.69, 9.17) is 29.6 Å². The second kappa shape index (κ2) is 9.79. The Kier molecular flexibility index (Phi) is 6.64. The van der Waals surface area contributed by atoms with E-state index < -0.39 is 17.7 Å². The van der Waals surface area contributed by atoms with E-state index in [0.29, 0.717) is 32.8 Å². The van der Waals surface area contributed by atoms with Crippen LogP contribution >= 0.6 is 39.7 Å². The fraction of sp³-hybridized carbons (Fsp3) is 0.0741. The average Bonchev–Trinajstić information content (AvgIpc) is 3.14. The molecule has 0 bridgehead atoms. The molecule has 1 aliphatic heterocycles. The zero-order chi connectivity index (χ0) is 27.3. The molecule has 0 unspecified atom stereocenters. The molecule has 4 N–H and O–H groups in total. The molecular weight excluding hydrogens is 590 g/mol. The van der Waals surface area contributed by atoms with Gasteiger partial charge < -0.3 is 21.3 Å². The van der Waals surface area contributed by atoms with Crippen molar-refractivity contribution in [2.45, 2.75) is 6.92 Å². The molecule has 2 heterocycles. The first kappa shape index (κ1) is 25.8. The number of carbonyl (C=O) groups excluding carboxylic acids is 3. The maximum atomic E-state index is 13.2. The zero-order valence-corrected chi connectivity index (χ0v) is 23.2. The molecule has 3 aromatic carbocycles. The van der Waals surface area contributed by atoms with Gasteiger partial charge in [0.15, 0.2) is 0 Å². The van der Waals surface area contributed by atoms with Crippen molar-refractivity contribution in [1.82, 2.24) is 4.98 Å². The fourth-order valence-corrected chi connectivity index (χ4v) is 5.03. The van der Waals surface area contributed by atoms with Crippen molar-refractivity contribution in [3.63, 3.8) is 0 Å². The molecule has 0 aliphatic carbocycles. The summed E-state index contributed by atoms with van der Waals surface area (Å²) >= 11 is 15.9. The van der Waals surface area contributed by atoms with E-state index in [1.807, 2.05) is 19.1 Å². The molecular formula is C27H19BrClN5O3S. The number of nitrogens with one attached hydrogen (secondary N) is 2. The summed E-state index contributed by atoms with van der Waals surface area (Å²) in [5.74, 6) is -1.63. The first-order valence-electron chi connectivity index (χ1n) is 11.3. The van der Waals surface area contributed by atoms with Crippen LogP contribution in [-0.4, -0.2) is 34.7 Å². The van der Waals surface area contributed by atoms with Crippen molar-refractivity contribution in [3.8, 4) is 0 Å². The van der Waals surface area contributed by atoms with Gasteiger partial charge in [0.05, 0.1) is 27.6 Å². The maximum Gasteiger partial charge on any atom is 0.267 e. The van der Waals surface area contributed by atoms with Crippen LogP contribution in [0, 0.1) is 6.92 Å². The number of primary amides is 1. The molecule has 4 aromatic rings. The minimum absolute atomic E-state index is 0.0232. The van der Waals surface area contributed by atoms with Crippen molar-refractivity contribution in [2.24, 2.45) is 5.73 Å². The van der Waals surface area contributed by atoms with Crippen molar-refractivity contribution >= 4 is 90.4 Å². The minimum atomic E-state index is -0.764. The van der Waals surface area contributed by atoms with E-state index in [-0.39, 0.29) is 27.6 Å². The smallest absolute Gasteiger partial charge is 0.267 e. The number of aromatic nitrogens is 1. The van der Waals surface area contributed by atoms with Crippen LogP contribution in [0.5, 0.6) is 0 Å². The number of nitrogens with two attached hydrogens (primary N) is 1. The first-order chi connectivity index (χ1) is 18.1. The number of amides is 3. The number of rotatable bonds is 5. The van der Waals surface area contributed by atoms with Gasteiger partial charge in [-0.05, 0) is 49.4 Å². The van der Waals surface area contributed by atoms with Crippen molar-refractivity contribution in [2.75, 3.05) is 22.6 Å². The standard InChI is InChI=1S/C27H19BrClN5O3S/c1-12-3-5-13(6-4-12)26(37)33-22-19(29)21(32-25(36)14-7-9-15(28)10-8-14)20-18-16(11-17(31-20)24(30)35)27(38)34(2)23(18)22/h3-11H,1-2H3,(H2,30,35)(H,32,36)(H,33,37). The van der Waals surface area contributed by atoms with Gasteiger partial charge in [0.25, 0.3) is 17.7 Å². The largest absolute Gasteiger partial charge is 0.364 e. The number of pyridine rings is 1. The molecule has 0 spiro atoms. The fourth-order valence-electron chi connectivity index (χ4n) is 4.24. The lowest BCUT2D eigenvalue weighted by atomic mass is 10.0. The van der Waals surface area contributed by atoms with Gasteiger partial charge in [0.1, 0.15) is 10.7 Å². The Morgan fingerprint density at radius 1 is 0.974 bits per heavy atom. The van der Waals surface area contributed by atoms with E-state index in [9.17, 15) is 14.4 Å². The van der Waals surface area contributed by atoms with E-state index in [1.54, 1.807) is 48.3 Å². The van der Waals surface area contributed by atoms with Crippen LogP contribution in [0.1, 0.15) is 42.3 Å². The molecule has 0 fully saturated rings. The third kappa shape index (κ3) is 4.40. The summed E-state index contributed by atoms with van der Waals surface area (Å²) in [7, 11) is 1.72. The van der Waals surface area contributed by atoms with Crippen LogP contribution in [0.25, 0.3) is 10.9 Å². The van der Waals surface area contributed by atoms with Crippen LogP contribution in [0.15, 0.2) is 59.1 Å². The molecule has 1 aliphatic rings. The van der Waals surface area contributed by atoms with Crippen molar-refractivity contribution in [1.29, 1.82) is 0 Å². The maximum absolute atomic E-state index is 13.2. The van der Waals surface area contributed by atoms with E-state index in [0.717, 1.165) is 10.0 Å². The number of hydrogen-bond donors (Lipinski definition) is 3. The van der Waals surface area contributed by atoms with Gasteiger partial charge in [-0.25, -0.2) is 4.98 Å². The minimum Gasteiger partial charge on any atom is -0.364 e. The summed E-state index contributed by atoms with van der Waals surface area (Å²) < 4.78 is 0.808. The van der Waals surface area contributed by atoms with Crippen LogP contribution in [-0.2, 0) is 0 Å². The Morgan fingerprint density at radius 3 is 2.11 bits per heavy atom. The first-order valence-corrected chi connectivity index (χ1v) is 12.9. The van der Waals surface area contributed by atoms with Crippen molar-refractivity contribution in [3.05, 3.63) is 92.0 Å². The second-order valence-electron chi connectivity index (χ2n) is 8.70. The van der Waals surface area contributed by atoms with Gasteiger partial charge in [0.2, 0.25) is 0 Å². The summed E-state index contributed by atoms with van der Waals surface area (Å²) in [6.07, 6.45) is 0. The molecule has 38 heavy (non-hydrogen) atoms. The average molecular weight is 609 g/mol. The summed E-state index contributed by atoms with van der Waals surface area (Å²) in [4.78, 5) is 45.0. The number of hydrogen-bond acceptors (Lipinski definition) is 5. The normalized spacial score (nSPS) is 12.1. The highest BCUT2D eigenvalue weighted by molar-refractivity contribution is 9.10. The summed E-state index contributed by atoms with van der Waals surface area (Å²) in [5, 5.41) is 6.25. The van der Waals surface area contributed by atoms with Crippen LogP contribution < -0.4 is 21.3 Å². The lowest BCUT2D eigenvalue weighted by Crippen LogP contribution is -2.22. The Hall–Kier alpha value is -3.86. The molecule has 3 amide bonds. The monoisotopic (exact) mass is 607 g/mol. The van der Waals surface area contributed by atoms with Crippen LogP contribution in [0.4, 0.5) is 17.1 Å². The molecule has 190 valence electrons.